The van der Waals surface area contributed by atoms with Crippen molar-refractivity contribution in [3.63, 3.8) is 0 Å². The average molecular weight is 248 g/mol. The Hall–Kier alpha value is -0.750. The Morgan fingerprint density at radius 1 is 1.44 bits per heavy atom. The topological polar surface area (TPSA) is 92.4 Å². The number of thioether (sulfide) groups is 1. The predicted molar refractivity (Wildman–Crippen MR) is 65.4 cm³/mol. The molecule has 0 aromatic heterocycles. The summed E-state index contributed by atoms with van der Waals surface area (Å²) < 4.78 is 0. The van der Waals surface area contributed by atoms with Crippen LogP contribution in [0.1, 0.15) is 26.7 Å². The summed E-state index contributed by atoms with van der Waals surface area (Å²) in [7, 11) is 0. The molecule has 6 heteroatoms. The third-order valence-electron chi connectivity index (χ3n) is 2.14. The van der Waals surface area contributed by atoms with E-state index in [9.17, 15) is 9.59 Å². The van der Waals surface area contributed by atoms with Crippen molar-refractivity contribution in [1.82, 2.24) is 5.32 Å². The lowest BCUT2D eigenvalue weighted by Crippen LogP contribution is -2.48. The van der Waals surface area contributed by atoms with Gasteiger partial charge in [0.25, 0.3) is 0 Å². The third kappa shape index (κ3) is 5.97. The molecule has 16 heavy (non-hydrogen) atoms. The van der Waals surface area contributed by atoms with Crippen molar-refractivity contribution in [2.45, 2.75) is 38.8 Å². The van der Waals surface area contributed by atoms with E-state index in [1.54, 1.807) is 18.7 Å². The van der Waals surface area contributed by atoms with Crippen LogP contribution in [0.5, 0.6) is 0 Å². The van der Waals surface area contributed by atoms with Gasteiger partial charge in [0.05, 0.1) is 6.04 Å². The van der Waals surface area contributed by atoms with Gasteiger partial charge in [-0.1, -0.05) is 13.8 Å². The van der Waals surface area contributed by atoms with Crippen LogP contribution in [0.25, 0.3) is 0 Å². The van der Waals surface area contributed by atoms with E-state index < -0.39 is 18.1 Å². The van der Waals surface area contributed by atoms with Crippen molar-refractivity contribution in [1.29, 1.82) is 0 Å². The van der Waals surface area contributed by atoms with Gasteiger partial charge in [0, 0.05) is 0 Å². The van der Waals surface area contributed by atoms with E-state index in [2.05, 4.69) is 5.32 Å². The molecule has 0 fully saturated rings. The number of carbonyl (C=O) groups is 2. The van der Waals surface area contributed by atoms with Crippen LogP contribution in [0.2, 0.25) is 0 Å². The molecular weight excluding hydrogens is 228 g/mol. The Bertz CT molecular complexity index is 236. The van der Waals surface area contributed by atoms with Gasteiger partial charge in [-0.15, -0.1) is 0 Å². The number of carbonyl (C=O) groups excluding carboxylic acids is 1. The molecule has 0 saturated heterocycles. The van der Waals surface area contributed by atoms with Gasteiger partial charge in [-0.25, -0.2) is 4.79 Å². The molecule has 1 amide bonds. The summed E-state index contributed by atoms with van der Waals surface area (Å²) in [4.78, 5) is 22.2. The molecule has 94 valence electrons. The highest BCUT2D eigenvalue weighted by atomic mass is 32.2. The number of hydrogen-bond acceptors (Lipinski definition) is 4. The second-order valence-electron chi connectivity index (χ2n) is 3.40. The standard InChI is InChI=1S/C10H20N2O3S/c1-3-8(10(14)15)12-9(13)7(11)5-6-16-4-2/h7-8H,3-6,11H2,1-2H3,(H,12,13)(H,14,15). The highest BCUT2D eigenvalue weighted by Gasteiger charge is 2.21. The van der Waals surface area contributed by atoms with Gasteiger partial charge in [0.1, 0.15) is 6.04 Å². The van der Waals surface area contributed by atoms with Gasteiger partial charge < -0.3 is 16.2 Å². The lowest BCUT2D eigenvalue weighted by atomic mass is 10.2. The second-order valence-corrected chi connectivity index (χ2v) is 4.79. The molecule has 0 aliphatic rings. The van der Waals surface area contributed by atoms with E-state index in [-0.39, 0.29) is 5.91 Å². The van der Waals surface area contributed by atoms with E-state index in [0.29, 0.717) is 12.8 Å². The summed E-state index contributed by atoms with van der Waals surface area (Å²) in [6.07, 6.45) is 0.928. The summed E-state index contributed by atoms with van der Waals surface area (Å²) in [6.45, 7) is 3.74. The lowest BCUT2D eigenvalue weighted by Gasteiger charge is -2.16. The molecule has 2 unspecified atom stereocenters. The number of amides is 1. The highest BCUT2D eigenvalue weighted by molar-refractivity contribution is 7.99. The zero-order valence-electron chi connectivity index (χ0n) is 9.73. The lowest BCUT2D eigenvalue weighted by molar-refractivity contribution is -0.142. The van der Waals surface area contributed by atoms with Crippen LogP contribution in [0.15, 0.2) is 0 Å². The van der Waals surface area contributed by atoms with E-state index in [1.165, 1.54) is 0 Å². The Kier molecular flexibility index (Phi) is 8.01. The van der Waals surface area contributed by atoms with Gasteiger partial charge in [-0.2, -0.15) is 11.8 Å². The van der Waals surface area contributed by atoms with Gasteiger partial charge >= 0.3 is 5.97 Å². The first-order valence-electron chi connectivity index (χ1n) is 5.39. The normalized spacial score (nSPS) is 14.2. The molecule has 0 bridgehead atoms. The SMILES string of the molecule is CCSCCC(N)C(=O)NC(CC)C(=O)O. The van der Waals surface area contributed by atoms with Crippen molar-refractivity contribution in [2.75, 3.05) is 11.5 Å². The van der Waals surface area contributed by atoms with Crippen molar-refractivity contribution in [3.05, 3.63) is 0 Å². The molecule has 4 N–H and O–H groups in total. The number of aliphatic carboxylic acids is 1. The fourth-order valence-electron chi connectivity index (χ4n) is 1.10. The first-order chi connectivity index (χ1) is 7.52. The van der Waals surface area contributed by atoms with Gasteiger partial charge in [0.2, 0.25) is 5.91 Å². The number of carboxylic acid groups (broad SMARTS) is 1. The van der Waals surface area contributed by atoms with Crippen molar-refractivity contribution in [3.8, 4) is 0 Å². The average Bonchev–Trinajstić information content (AvgIpc) is 2.25. The molecule has 0 radical (unpaired) electrons. The smallest absolute Gasteiger partial charge is 0.326 e. The maximum absolute atomic E-state index is 11.5. The maximum Gasteiger partial charge on any atom is 0.326 e. The summed E-state index contributed by atoms with van der Waals surface area (Å²) >= 11 is 1.71. The molecular formula is C10H20N2O3S. The number of nitrogens with one attached hydrogen (secondary N) is 1. The monoisotopic (exact) mass is 248 g/mol. The highest BCUT2D eigenvalue weighted by Crippen LogP contribution is 2.03. The summed E-state index contributed by atoms with van der Waals surface area (Å²) in [6, 6.07) is -1.45. The van der Waals surface area contributed by atoms with Crippen LogP contribution >= 0.6 is 11.8 Å². The Labute approximate surface area is 100 Å². The minimum Gasteiger partial charge on any atom is -0.480 e. The van der Waals surface area contributed by atoms with Crippen LogP contribution in [0.3, 0.4) is 0 Å². The molecule has 0 aliphatic carbocycles. The van der Waals surface area contributed by atoms with E-state index >= 15 is 0 Å². The van der Waals surface area contributed by atoms with Gasteiger partial charge in [-0.05, 0) is 24.3 Å². The Morgan fingerprint density at radius 3 is 2.50 bits per heavy atom. The molecule has 2 atom stereocenters. The molecule has 5 nitrogen and oxygen atoms in total. The van der Waals surface area contributed by atoms with Crippen LogP contribution in [0.4, 0.5) is 0 Å². The first-order valence-corrected chi connectivity index (χ1v) is 6.54. The predicted octanol–water partition coefficient (Wildman–Crippen LogP) is 0.436. The quantitative estimate of drug-likeness (QED) is 0.542. The van der Waals surface area contributed by atoms with Gasteiger partial charge in [0.15, 0.2) is 0 Å². The van der Waals surface area contributed by atoms with E-state index in [4.69, 9.17) is 10.8 Å². The fourth-order valence-corrected chi connectivity index (χ4v) is 1.81. The van der Waals surface area contributed by atoms with E-state index in [1.807, 2.05) is 6.92 Å². The van der Waals surface area contributed by atoms with Crippen LogP contribution in [-0.2, 0) is 9.59 Å². The Balaban J connectivity index is 3.98. The number of carboxylic acids is 1. The maximum atomic E-state index is 11.5. The second kappa shape index (κ2) is 8.41. The summed E-state index contributed by atoms with van der Waals surface area (Å²) in [5.41, 5.74) is 5.64. The third-order valence-corrected chi connectivity index (χ3v) is 3.07. The van der Waals surface area contributed by atoms with Crippen molar-refractivity contribution >= 4 is 23.6 Å². The van der Waals surface area contributed by atoms with Crippen molar-refractivity contribution < 1.29 is 14.7 Å². The van der Waals surface area contributed by atoms with Crippen LogP contribution in [0, 0.1) is 0 Å². The number of nitrogens with two attached hydrogens (primary N) is 1. The zero-order valence-corrected chi connectivity index (χ0v) is 10.5. The van der Waals surface area contributed by atoms with Crippen LogP contribution < -0.4 is 11.1 Å². The zero-order chi connectivity index (χ0) is 12.6. The summed E-state index contributed by atoms with van der Waals surface area (Å²) in [5, 5.41) is 11.2. The minimum absolute atomic E-state index is 0.359. The molecule has 0 heterocycles. The first kappa shape index (κ1) is 15.2. The number of hydrogen-bond donors (Lipinski definition) is 3. The van der Waals surface area contributed by atoms with Gasteiger partial charge in [-0.3, -0.25) is 4.79 Å². The molecule has 0 rings (SSSR count). The molecule has 0 aromatic rings. The van der Waals surface area contributed by atoms with E-state index in [0.717, 1.165) is 11.5 Å². The molecule has 0 saturated carbocycles. The Morgan fingerprint density at radius 2 is 2.06 bits per heavy atom. The fraction of sp³-hybridized carbons (Fsp3) is 0.800. The molecule has 0 aliphatic heterocycles. The minimum atomic E-state index is -1.02. The number of rotatable bonds is 8. The van der Waals surface area contributed by atoms with Crippen molar-refractivity contribution in [2.24, 2.45) is 5.73 Å². The molecule has 0 spiro atoms. The summed E-state index contributed by atoms with van der Waals surface area (Å²) in [5.74, 6) is 0.396. The van der Waals surface area contributed by atoms with Crippen LogP contribution in [-0.4, -0.2) is 40.6 Å². The molecule has 0 aromatic carbocycles. The largest absolute Gasteiger partial charge is 0.480 e.